The van der Waals surface area contributed by atoms with Crippen molar-refractivity contribution in [2.75, 3.05) is 13.1 Å². The van der Waals surface area contributed by atoms with E-state index >= 15 is 0 Å². The van der Waals surface area contributed by atoms with E-state index in [2.05, 4.69) is 37.2 Å². The molecule has 1 atom stereocenters. The first-order valence-electron chi connectivity index (χ1n) is 7.51. The lowest BCUT2D eigenvalue weighted by molar-refractivity contribution is 0.220. The lowest BCUT2D eigenvalue weighted by atomic mass is 9.72. The molecule has 1 aliphatic carbocycles. The normalized spacial score (nSPS) is 25.2. The molecule has 1 N–H and O–H groups in total. The summed E-state index contributed by atoms with van der Waals surface area (Å²) in [7, 11) is 0. The summed E-state index contributed by atoms with van der Waals surface area (Å²) in [5.41, 5.74) is 2.13. The monoisotopic (exact) mass is 248 g/mol. The number of rotatable bonds is 3. The molecule has 102 valence electrons. The molecule has 0 aromatic rings. The molecule has 2 aliphatic rings. The number of aliphatic imine (C=N–C) groups is 1. The van der Waals surface area contributed by atoms with Crippen LogP contribution in [0.25, 0.3) is 0 Å². The van der Waals surface area contributed by atoms with Crippen LogP contribution in [-0.2, 0) is 0 Å². The van der Waals surface area contributed by atoms with Crippen LogP contribution in [-0.4, -0.2) is 18.9 Å². The summed E-state index contributed by atoms with van der Waals surface area (Å²) in [6.45, 7) is 9.25. The Labute approximate surface area is 112 Å². The quantitative estimate of drug-likeness (QED) is 0.752. The van der Waals surface area contributed by atoms with Gasteiger partial charge in [-0.3, -0.25) is 4.99 Å². The lowest BCUT2D eigenvalue weighted by Crippen LogP contribution is -2.29. The Kier molecular flexibility index (Phi) is 4.47. The van der Waals surface area contributed by atoms with E-state index in [0.717, 1.165) is 25.4 Å². The number of allylic oxidation sites excluding steroid dienone is 2. The van der Waals surface area contributed by atoms with Crippen LogP contribution in [0.3, 0.4) is 0 Å². The van der Waals surface area contributed by atoms with Gasteiger partial charge in [-0.25, -0.2) is 0 Å². The number of nitrogens with one attached hydrogen (secondary N) is 1. The molecule has 2 rings (SSSR count). The molecule has 0 aromatic carbocycles. The highest BCUT2D eigenvalue weighted by Crippen LogP contribution is 2.37. The molecular formula is C16H28N2. The van der Waals surface area contributed by atoms with Gasteiger partial charge in [-0.15, -0.1) is 0 Å². The van der Waals surface area contributed by atoms with Crippen molar-refractivity contribution < 1.29 is 0 Å². The second kappa shape index (κ2) is 5.90. The second-order valence-electron chi connectivity index (χ2n) is 6.81. The minimum absolute atomic E-state index is 0.469. The molecule has 1 heterocycles. The molecule has 0 saturated heterocycles. The fraction of sp³-hybridized carbons (Fsp3) is 0.812. The highest BCUT2D eigenvalue weighted by atomic mass is 15.0. The molecule has 1 unspecified atom stereocenters. The van der Waals surface area contributed by atoms with Crippen LogP contribution in [0.4, 0.5) is 0 Å². The van der Waals surface area contributed by atoms with Crippen LogP contribution in [0, 0.1) is 11.3 Å². The summed E-state index contributed by atoms with van der Waals surface area (Å²) >= 11 is 0. The minimum atomic E-state index is 0.469. The predicted octanol–water partition coefficient (Wildman–Crippen LogP) is 3.93. The zero-order valence-electron chi connectivity index (χ0n) is 12.3. The van der Waals surface area contributed by atoms with Gasteiger partial charge in [-0.2, -0.15) is 0 Å². The van der Waals surface area contributed by atoms with Crippen LogP contribution in [0.5, 0.6) is 0 Å². The Balaban J connectivity index is 1.78. The van der Waals surface area contributed by atoms with Gasteiger partial charge < -0.3 is 5.32 Å². The van der Waals surface area contributed by atoms with Gasteiger partial charge in [0.05, 0.1) is 5.84 Å². The molecule has 0 saturated carbocycles. The van der Waals surface area contributed by atoms with Crippen molar-refractivity contribution in [2.45, 2.75) is 59.3 Å². The number of hydrogen-bond acceptors (Lipinski definition) is 2. The maximum absolute atomic E-state index is 4.55. The third-order valence-corrected chi connectivity index (χ3v) is 4.38. The molecule has 0 spiro atoms. The molecule has 18 heavy (non-hydrogen) atoms. The molecule has 0 bridgehead atoms. The van der Waals surface area contributed by atoms with Crippen LogP contribution >= 0.6 is 0 Å². The Hall–Kier alpha value is -0.790. The Morgan fingerprint density at radius 3 is 2.72 bits per heavy atom. The van der Waals surface area contributed by atoms with Crippen molar-refractivity contribution in [2.24, 2.45) is 16.3 Å². The van der Waals surface area contributed by atoms with E-state index in [9.17, 15) is 0 Å². The fourth-order valence-electron chi connectivity index (χ4n) is 2.93. The smallest absolute Gasteiger partial charge is 0.0966 e. The Morgan fingerprint density at radius 2 is 2.17 bits per heavy atom. The first kappa shape index (κ1) is 13.6. The summed E-state index contributed by atoms with van der Waals surface area (Å²) in [6.07, 6.45) is 9.97. The topological polar surface area (TPSA) is 24.4 Å². The summed E-state index contributed by atoms with van der Waals surface area (Å²) in [5.74, 6) is 2.10. The maximum Gasteiger partial charge on any atom is 0.0966 e. The van der Waals surface area contributed by atoms with Crippen molar-refractivity contribution in [3.63, 3.8) is 0 Å². The minimum Gasteiger partial charge on any atom is -0.374 e. The van der Waals surface area contributed by atoms with E-state index in [1.54, 1.807) is 5.57 Å². The van der Waals surface area contributed by atoms with Gasteiger partial charge in [-0.1, -0.05) is 32.4 Å². The van der Waals surface area contributed by atoms with Gasteiger partial charge in [0.2, 0.25) is 0 Å². The van der Waals surface area contributed by atoms with Gasteiger partial charge in [0, 0.05) is 19.5 Å². The predicted molar refractivity (Wildman–Crippen MR) is 79.0 cm³/mol. The zero-order chi connectivity index (χ0) is 13.0. The van der Waals surface area contributed by atoms with Gasteiger partial charge in [-0.05, 0) is 43.4 Å². The van der Waals surface area contributed by atoms with Crippen molar-refractivity contribution in [3.05, 3.63) is 11.6 Å². The molecule has 1 aliphatic heterocycles. The van der Waals surface area contributed by atoms with E-state index in [1.165, 1.54) is 37.9 Å². The van der Waals surface area contributed by atoms with E-state index < -0.39 is 0 Å². The zero-order valence-corrected chi connectivity index (χ0v) is 12.3. The van der Waals surface area contributed by atoms with Crippen LogP contribution in [0.1, 0.15) is 59.3 Å². The van der Waals surface area contributed by atoms with E-state index in [0.29, 0.717) is 5.41 Å². The molecule has 0 radical (unpaired) electrons. The van der Waals surface area contributed by atoms with Crippen molar-refractivity contribution in [3.8, 4) is 0 Å². The second-order valence-corrected chi connectivity index (χ2v) is 6.81. The van der Waals surface area contributed by atoms with E-state index in [4.69, 9.17) is 0 Å². The molecule has 2 nitrogen and oxygen atoms in total. The van der Waals surface area contributed by atoms with Gasteiger partial charge in [0.25, 0.3) is 0 Å². The SMILES string of the molecule is CC(C)(C)C1CC=C(CCC2=NCCCN2)CC1. The first-order chi connectivity index (χ1) is 8.55. The standard InChI is InChI=1S/C16H28N2/c1-16(2,3)14-8-5-13(6-9-14)7-10-15-17-11-4-12-18-15/h5,14H,4,6-12H2,1-3H3,(H,17,18). The molecule has 2 heteroatoms. The highest BCUT2D eigenvalue weighted by Gasteiger charge is 2.25. The summed E-state index contributed by atoms with van der Waals surface area (Å²) < 4.78 is 0. The van der Waals surface area contributed by atoms with Gasteiger partial charge in [0.15, 0.2) is 0 Å². The van der Waals surface area contributed by atoms with Crippen molar-refractivity contribution in [1.29, 1.82) is 0 Å². The summed E-state index contributed by atoms with van der Waals surface area (Å²) in [5, 5.41) is 3.41. The maximum atomic E-state index is 4.55. The third kappa shape index (κ3) is 3.86. The summed E-state index contributed by atoms with van der Waals surface area (Å²) in [4.78, 5) is 4.55. The van der Waals surface area contributed by atoms with E-state index in [1.807, 2.05) is 0 Å². The summed E-state index contributed by atoms with van der Waals surface area (Å²) in [6, 6.07) is 0. The first-order valence-corrected chi connectivity index (χ1v) is 7.51. The molecular weight excluding hydrogens is 220 g/mol. The average Bonchev–Trinajstić information content (AvgIpc) is 2.37. The average molecular weight is 248 g/mol. The van der Waals surface area contributed by atoms with Crippen molar-refractivity contribution >= 4 is 5.84 Å². The molecule has 0 amide bonds. The van der Waals surface area contributed by atoms with E-state index in [-0.39, 0.29) is 0 Å². The lowest BCUT2D eigenvalue weighted by Gasteiger charge is -2.33. The van der Waals surface area contributed by atoms with Gasteiger partial charge >= 0.3 is 0 Å². The highest BCUT2D eigenvalue weighted by molar-refractivity contribution is 5.82. The van der Waals surface area contributed by atoms with Crippen LogP contribution in [0.2, 0.25) is 0 Å². The van der Waals surface area contributed by atoms with Crippen molar-refractivity contribution in [1.82, 2.24) is 5.32 Å². The number of nitrogens with zero attached hydrogens (tertiary/aromatic N) is 1. The Bertz CT molecular complexity index is 333. The number of amidine groups is 1. The largest absolute Gasteiger partial charge is 0.374 e. The molecule has 0 fully saturated rings. The van der Waals surface area contributed by atoms with Crippen LogP contribution < -0.4 is 5.32 Å². The molecule has 0 aromatic heterocycles. The van der Waals surface area contributed by atoms with Crippen LogP contribution in [0.15, 0.2) is 16.6 Å². The van der Waals surface area contributed by atoms with Gasteiger partial charge in [0.1, 0.15) is 0 Å². The number of hydrogen-bond donors (Lipinski definition) is 1. The Morgan fingerprint density at radius 1 is 1.33 bits per heavy atom. The fourth-order valence-corrected chi connectivity index (χ4v) is 2.93. The third-order valence-electron chi connectivity index (χ3n) is 4.38.